The first-order valence-corrected chi connectivity index (χ1v) is 7.73. The molecule has 0 bridgehead atoms. The number of benzene rings is 1. The van der Waals surface area contributed by atoms with Gasteiger partial charge < -0.3 is 5.32 Å². The molecule has 1 aromatic carbocycles. The Labute approximate surface area is 127 Å². The molecule has 0 spiro atoms. The molecule has 1 nitrogen and oxygen atoms in total. The first-order valence-electron chi connectivity index (χ1n) is 6.14. The number of anilines is 1. The summed E-state index contributed by atoms with van der Waals surface area (Å²) < 4.78 is 40.0. The molecule has 0 aliphatic heterocycles. The lowest BCUT2D eigenvalue weighted by atomic mass is 9.85. The molecular formula is C13H14Br2F3N. The van der Waals surface area contributed by atoms with Gasteiger partial charge in [0, 0.05) is 20.7 Å². The third-order valence-corrected chi connectivity index (χ3v) is 4.61. The molecule has 2 rings (SSSR count). The molecule has 0 amide bonds. The molecule has 2 atom stereocenters. The van der Waals surface area contributed by atoms with Gasteiger partial charge in [-0.2, -0.15) is 13.2 Å². The van der Waals surface area contributed by atoms with Crippen molar-refractivity contribution in [3.05, 3.63) is 27.1 Å². The van der Waals surface area contributed by atoms with Crippen molar-refractivity contribution in [2.24, 2.45) is 5.92 Å². The van der Waals surface area contributed by atoms with E-state index in [1.165, 1.54) is 0 Å². The van der Waals surface area contributed by atoms with Gasteiger partial charge in [-0.1, -0.05) is 22.4 Å². The van der Waals surface area contributed by atoms with E-state index in [2.05, 4.69) is 37.2 Å². The van der Waals surface area contributed by atoms with Crippen molar-refractivity contribution in [3.8, 4) is 0 Å². The summed E-state index contributed by atoms with van der Waals surface area (Å²) in [6, 6.07) is 5.51. The fourth-order valence-electron chi connectivity index (χ4n) is 2.45. The smallest absolute Gasteiger partial charge is 0.381 e. The molecule has 0 radical (unpaired) electrons. The van der Waals surface area contributed by atoms with Gasteiger partial charge in [0.25, 0.3) is 0 Å². The SMILES string of the molecule is FC(F)(F)C1CCCC(Nc2cc(Br)ccc2Br)C1. The number of hydrogen-bond acceptors (Lipinski definition) is 1. The van der Waals surface area contributed by atoms with E-state index in [0.717, 1.165) is 21.1 Å². The Bertz CT molecular complexity index is 448. The maximum absolute atomic E-state index is 12.8. The van der Waals surface area contributed by atoms with Gasteiger partial charge in [-0.05, 0) is 53.4 Å². The number of alkyl halides is 3. The van der Waals surface area contributed by atoms with Crippen molar-refractivity contribution in [1.29, 1.82) is 0 Å². The molecule has 1 aliphatic rings. The normalized spacial score (nSPS) is 24.3. The van der Waals surface area contributed by atoms with E-state index < -0.39 is 12.1 Å². The van der Waals surface area contributed by atoms with E-state index >= 15 is 0 Å². The van der Waals surface area contributed by atoms with Crippen LogP contribution in [0.25, 0.3) is 0 Å². The lowest BCUT2D eigenvalue weighted by molar-refractivity contribution is -0.182. The number of hydrogen-bond donors (Lipinski definition) is 1. The zero-order chi connectivity index (χ0) is 14.0. The Hall–Kier alpha value is -0.230. The molecule has 0 aromatic heterocycles. The van der Waals surface area contributed by atoms with Gasteiger partial charge >= 0.3 is 6.18 Å². The molecule has 6 heteroatoms. The molecule has 2 unspecified atom stereocenters. The lowest BCUT2D eigenvalue weighted by Gasteiger charge is -2.31. The van der Waals surface area contributed by atoms with Crippen LogP contribution in [0.2, 0.25) is 0 Å². The summed E-state index contributed by atoms with van der Waals surface area (Å²) in [5.41, 5.74) is 0.835. The summed E-state index contributed by atoms with van der Waals surface area (Å²) in [4.78, 5) is 0. The van der Waals surface area contributed by atoms with Crippen LogP contribution in [-0.2, 0) is 0 Å². The number of rotatable bonds is 2. The van der Waals surface area contributed by atoms with Crippen LogP contribution < -0.4 is 5.32 Å². The zero-order valence-corrected chi connectivity index (χ0v) is 13.3. The third-order valence-electron chi connectivity index (χ3n) is 3.43. The number of halogens is 5. The predicted molar refractivity (Wildman–Crippen MR) is 77.3 cm³/mol. The average Bonchev–Trinajstić information content (AvgIpc) is 2.33. The van der Waals surface area contributed by atoms with Crippen LogP contribution in [0.5, 0.6) is 0 Å². The Morgan fingerprint density at radius 3 is 2.58 bits per heavy atom. The van der Waals surface area contributed by atoms with Crippen LogP contribution >= 0.6 is 31.9 Å². The van der Waals surface area contributed by atoms with Crippen molar-refractivity contribution in [3.63, 3.8) is 0 Å². The molecule has 1 aromatic rings. The fraction of sp³-hybridized carbons (Fsp3) is 0.538. The van der Waals surface area contributed by atoms with E-state index in [9.17, 15) is 13.2 Å². The van der Waals surface area contributed by atoms with Gasteiger partial charge in [0.15, 0.2) is 0 Å². The Morgan fingerprint density at radius 2 is 1.89 bits per heavy atom. The first kappa shape index (κ1) is 15.2. The zero-order valence-electron chi connectivity index (χ0n) is 10.1. The highest BCUT2D eigenvalue weighted by Crippen LogP contribution is 2.39. The highest BCUT2D eigenvalue weighted by atomic mass is 79.9. The highest BCUT2D eigenvalue weighted by molar-refractivity contribution is 9.11. The predicted octanol–water partition coefficient (Wildman–Crippen LogP) is 5.74. The maximum Gasteiger partial charge on any atom is 0.391 e. The molecule has 0 saturated heterocycles. The summed E-state index contributed by atoms with van der Waals surface area (Å²) in [7, 11) is 0. The van der Waals surface area contributed by atoms with E-state index in [-0.39, 0.29) is 18.9 Å². The molecule has 106 valence electrons. The first-order chi connectivity index (χ1) is 8.86. The molecule has 1 fully saturated rings. The second kappa shape index (κ2) is 6.04. The summed E-state index contributed by atoms with van der Waals surface area (Å²) in [6.07, 6.45) is -2.27. The Kier molecular flexibility index (Phi) is 4.82. The van der Waals surface area contributed by atoms with Crippen molar-refractivity contribution in [1.82, 2.24) is 0 Å². The van der Waals surface area contributed by atoms with E-state index in [4.69, 9.17) is 0 Å². The van der Waals surface area contributed by atoms with Crippen LogP contribution in [0.3, 0.4) is 0 Å². The van der Waals surface area contributed by atoms with Gasteiger partial charge in [0.05, 0.1) is 5.92 Å². The van der Waals surface area contributed by atoms with Crippen LogP contribution in [0, 0.1) is 5.92 Å². The van der Waals surface area contributed by atoms with Gasteiger partial charge in [-0.25, -0.2) is 0 Å². The van der Waals surface area contributed by atoms with Crippen molar-refractivity contribution in [2.45, 2.75) is 37.9 Å². The summed E-state index contributed by atoms with van der Waals surface area (Å²) in [5, 5.41) is 3.22. The Balaban J connectivity index is 2.05. The summed E-state index contributed by atoms with van der Waals surface area (Å²) in [5.74, 6) is -1.18. The Morgan fingerprint density at radius 1 is 1.16 bits per heavy atom. The molecule has 1 aliphatic carbocycles. The minimum absolute atomic E-state index is 0.119. The molecule has 1 N–H and O–H groups in total. The molecule has 19 heavy (non-hydrogen) atoms. The topological polar surface area (TPSA) is 12.0 Å². The van der Waals surface area contributed by atoms with Crippen molar-refractivity contribution >= 4 is 37.5 Å². The minimum Gasteiger partial charge on any atom is -0.381 e. The van der Waals surface area contributed by atoms with Crippen LogP contribution in [0.1, 0.15) is 25.7 Å². The van der Waals surface area contributed by atoms with Gasteiger partial charge in [-0.15, -0.1) is 0 Å². The van der Waals surface area contributed by atoms with Crippen LogP contribution in [0.15, 0.2) is 27.1 Å². The van der Waals surface area contributed by atoms with Crippen molar-refractivity contribution < 1.29 is 13.2 Å². The number of nitrogens with one attached hydrogen (secondary N) is 1. The summed E-state index contributed by atoms with van der Waals surface area (Å²) in [6.45, 7) is 0. The lowest BCUT2D eigenvalue weighted by Crippen LogP contribution is -2.34. The van der Waals surface area contributed by atoms with Crippen LogP contribution in [-0.4, -0.2) is 12.2 Å². The fourth-order valence-corrected chi connectivity index (χ4v) is 3.17. The largest absolute Gasteiger partial charge is 0.391 e. The van der Waals surface area contributed by atoms with Gasteiger partial charge in [-0.3, -0.25) is 0 Å². The van der Waals surface area contributed by atoms with Gasteiger partial charge in [0.1, 0.15) is 0 Å². The van der Waals surface area contributed by atoms with Gasteiger partial charge in [0.2, 0.25) is 0 Å². The van der Waals surface area contributed by atoms with E-state index in [1.54, 1.807) is 0 Å². The quantitative estimate of drug-likeness (QED) is 0.666. The molecular weight excluding hydrogens is 387 g/mol. The monoisotopic (exact) mass is 399 g/mol. The van der Waals surface area contributed by atoms with E-state index in [1.807, 2.05) is 18.2 Å². The minimum atomic E-state index is -4.07. The van der Waals surface area contributed by atoms with E-state index in [0.29, 0.717) is 6.42 Å². The second-order valence-electron chi connectivity index (χ2n) is 4.87. The van der Waals surface area contributed by atoms with Crippen molar-refractivity contribution in [2.75, 3.05) is 5.32 Å². The van der Waals surface area contributed by atoms with Crippen LogP contribution in [0.4, 0.5) is 18.9 Å². The third kappa shape index (κ3) is 4.12. The molecule has 1 saturated carbocycles. The maximum atomic E-state index is 12.8. The standard InChI is InChI=1S/C13H14Br2F3N/c14-9-4-5-11(15)12(7-9)19-10-3-1-2-8(6-10)13(16,17)18/h4-5,7-8,10,19H,1-3,6H2. The second-order valence-corrected chi connectivity index (χ2v) is 6.64. The highest BCUT2D eigenvalue weighted by Gasteiger charge is 2.42. The summed E-state index contributed by atoms with van der Waals surface area (Å²) >= 11 is 6.77. The average molecular weight is 401 g/mol. The molecule has 0 heterocycles.